The minimum Gasteiger partial charge on any atom is -0.496 e. The van der Waals surface area contributed by atoms with Crippen LogP contribution in [-0.2, 0) is 6.54 Å². The molecule has 1 saturated heterocycles. The number of hydrogen-bond donors (Lipinski definition) is 1. The van der Waals surface area contributed by atoms with Gasteiger partial charge in [0.05, 0.1) is 12.7 Å². The van der Waals surface area contributed by atoms with Gasteiger partial charge in [0.2, 0.25) is 0 Å². The average Bonchev–Trinajstić information content (AvgIpc) is 2.44. The molecule has 1 aromatic carbocycles. The summed E-state index contributed by atoms with van der Waals surface area (Å²) in [6.07, 6.45) is 0. The molecule has 1 aliphatic heterocycles. The highest BCUT2D eigenvalue weighted by Gasteiger charge is 2.26. The molecular weight excluding hydrogens is 282 g/mol. The fourth-order valence-corrected chi connectivity index (χ4v) is 3.11. The lowest BCUT2D eigenvalue weighted by Crippen LogP contribution is -2.54. The Morgan fingerprint density at radius 2 is 1.95 bits per heavy atom. The summed E-state index contributed by atoms with van der Waals surface area (Å²) in [5.41, 5.74) is 7.75. The normalized spacial score (nSPS) is 24.0. The Bertz CT molecular complexity index is 508. The summed E-state index contributed by atoms with van der Waals surface area (Å²) >= 11 is 5.05. The number of nitrogens with zero attached hydrogens (tertiary/aromatic N) is 2. The minimum atomic E-state index is 0.375. The van der Waals surface area contributed by atoms with Crippen molar-refractivity contribution < 1.29 is 4.74 Å². The Kier molecular flexibility index (Phi) is 5.19. The summed E-state index contributed by atoms with van der Waals surface area (Å²) in [6.45, 7) is 7.65. The lowest BCUT2D eigenvalue weighted by atomic mass is 10.1. The van der Waals surface area contributed by atoms with Crippen molar-refractivity contribution in [2.75, 3.05) is 27.2 Å². The van der Waals surface area contributed by atoms with Crippen LogP contribution >= 0.6 is 12.2 Å². The smallest absolute Gasteiger partial charge is 0.129 e. The number of likely N-dealkylation sites (N-methyl/N-ethyl adjacent to an activating group) is 1. The summed E-state index contributed by atoms with van der Waals surface area (Å²) in [5.74, 6) is 0.759. The Hall–Kier alpha value is -1.17. The Labute approximate surface area is 132 Å². The first-order chi connectivity index (χ1) is 9.92. The number of methoxy groups -OCH3 is 1. The van der Waals surface area contributed by atoms with Crippen LogP contribution in [0.25, 0.3) is 0 Å². The predicted molar refractivity (Wildman–Crippen MR) is 90.8 cm³/mol. The van der Waals surface area contributed by atoms with Gasteiger partial charge in [0.15, 0.2) is 0 Å². The van der Waals surface area contributed by atoms with Crippen LogP contribution < -0.4 is 10.5 Å². The van der Waals surface area contributed by atoms with E-state index in [0.29, 0.717) is 17.1 Å². The molecule has 2 N–H and O–H groups in total. The molecule has 0 aromatic heterocycles. The van der Waals surface area contributed by atoms with Crippen LogP contribution in [0.1, 0.15) is 25.0 Å². The second kappa shape index (κ2) is 6.73. The molecule has 0 saturated carbocycles. The third kappa shape index (κ3) is 3.73. The van der Waals surface area contributed by atoms with Gasteiger partial charge < -0.3 is 10.5 Å². The van der Waals surface area contributed by atoms with E-state index in [9.17, 15) is 0 Å². The number of benzene rings is 1. The van der Waals surface area contributed by atoms with Crippen molar-refractivity contribution in [3.63, 3.8) is 0 Å². The molecule has 5 heteroatoms. The van der Waals surface area contributed by atoms with Gasteiger partial charge in [-0.3, -0.25) is 9.80 Å². The summed E-state index contributed by atoms with van der Waals surface area (Å²) in [5, 5.41) is 0. The number of ether oxygens (including phenoxy) is 1. The van der Waals surface area contributed by atoms with Crippen LogP contribution in [0.4, 0.5) is 0 Å². The van der Waals surface area contributed by atoms with Crippen molar-refractivity contribution in [1.82, 2.24) is 9.80 Å². The molecule has 21 heavy (non-hydrogen) atoms. The van der Waals surface area contributed by atoms with Gasteiger partial charge in [-0.15, -0.1) is 0 Å². The molecule has 2 rings (SSSR count). The van der Waals surface area contributed by atoms with Crippen molar-refractivity contribution in [1.29, 1.82) is 0 Å². The third-order valence-corrected chi connectivity index (χ3v) is 4.59. The highest BCUT2D eigenvalue weighted by molar-refractivity contribution is 7.80. The van der Waals surface area contributed by atoms with E-state index in [1.54, 1.807) is 7.11 Å². The monoisotopic (exact) mass is 307 g/mol. The van der Waals surface area contributed by atoms with Crippen LogP contribution in [0.5, 0.6) is 5.75 Å². The van der Waals surface area contributed by atoms with Gasteiger partial charge in [-0.2, -0.15) is 0 Å². The quantitative estimate of drug-likeness (QED) is 0.860. The predicted octanol–water partition coefficient (Wildman–Crippen LogP) is 1.85. The van der Waals surface area contributed by atoms with Gasteiger partial charge in [0.25, 0.3) is 0 Å². The van der Waals surface area contributed by atoms with E-state index in [0.717, 1.165) is 30.9 Å². The number of nitrogens with two attached hydrogens (primary N) is 1. The SMILES string of the molecule is COc1cc(CN2CC(C)N(C)C(C)C2)ccc1C(N)=S. The molecule has 0 amide bonds. The second-order valence-electron chi connectivity index (χ2n) is 5.96. The number of hydrogen-bond acceptors (Lipinski definition) is 4. The maximum Gasteiger partial charge on any atom is 0.129 e. The summed E-state index contributed by atoms with van der Waals surface area (Å²) < 4.78 is 5.40. The molecule has 0 spiro atoms. The molecule has 0 aliphatic carbocycles. The van der Waals surface area contributed by atoms with Crippen LogP contribution in [0.15, 0.2) is 18.2 Å². The van der Waals surface area contributed by atoms with Crippen LogP contribution in [0, 0.1) is 0 Å². The standard InChI is InChI=1S/C16H25N3OS/c1-11-8-19(9-12(2)18(11)3)10-13-5-6-14(16(17)21)15(7-13)20-4/h5-7,11-12H,8-10H2,1-4H3,(H2,17,21). The van der Waals surface area contributed by atoms with Crippen LogP contribution in [0.2, 0.25) is 0 Å². The first kappa shape index (κ1) is 16.2. The van der Waals surface area contributed by atoms with Gasteiger partial charge >= 0.3 is 0 Å². The van der Waals surface area contributed by atoms with Gasteiger partial charge in [0.1, 0.15) is 10.7 Å². The molecular formula is C16H25N3OS. The van der Waals surface area contributed by atoms with E-state index < -0.39 is 0 Å². The number of piperazine rings is 1. The lowest BCUT2D eigenvalue weighted by Gasteiger charge is -2.42. The Morgan fingerprint density at radius 1 is 1.33 bits per heavy atom. The first-order valence-corrected chi connectivity index (χ1v) is 7.74. The zero-order valence-corrected chi connectivity index (χ0v) is 14.1. The molecule has 0 bridgehead atoms. The molecule has 4 nitrogen and oxygen atoms in total. The highest BCUT2D eigenvalue weighted by Crippen LogP contribution is 2.22. The van der Waals surface area contributed by atoms with E-state index in [-0.39, 0.29) is 0 Å². The molecule has 2 unspecified atom stereocenters. The molecule has 1 heterocycles. The topological polar surface area (TPSA) is 41.7 Å². The van der Waals surface area contributed by atoms with E-state index >= 15 is 0 Å². The molecule has 0 radical (unpaired) electrons. The van der Waals surface area contributed by atoms with Crippen LogP contribution in [0.3, 0.4) is 0 Å². The molecule has 1 fully saturated rings. The summed E-state index contributed by atoms with van der Waals surface area (Å²) in [4.78, 5) is 5.30. The largest absolute Gasteiger partial charge is 0.496 e. The van der Waals surface area contributed by atoms with Gasteiger partial charge in [-0.05, 0) is 38.6 Å². The maximum absolute atomic E-state index is 5.71. The highest BCUT2D eigenvalue weighted by atomic mass is 32.1. The summed E-state index contributed by atoms with van der Waals surface area (Å²) in [6, 6.07) is 7.24. The maximum atomic E-state index is 5.71. The van der Waals surface area contributed by atoms with E-state index in [2.05, 4.69) is 36.8 Å². The van der Waals surface area contributed by atoms with Gasteiger partial charge in [0, 0.05) is 31.7 Å². The second-order valence-corrected chi connectivity index (χ2v) is 6.40. The Morgan fingerprint density at radius 3 is 2.48 bits per heavy atom. The zero-order chi connectivity index (χ0) is 15.6. The van der Waals surface area contributed by atoms with E-state index in [1.165, 1.54) is 5.56 Å². The molecule has 1 aromatic rings. The van der Waals surface area contributed by atoms with Crippen molar-refractivity contribution in [3.05, 3.63) is 29.3 Å². The van der Waals surface area contributed by atoms with Gasteiger partial charge in [-0.25, -0.2) is 0 Å². The number of thiocarbonyl (C=S) groups is 1. The van der Waals surface area contributed by atoms with Crippen molar-refractivity contribution in [2.24, 2.45) is 5.73 Å². The molecule has 116 valence electrons. The molecule has 1 aliphatic rings. The third-order valence-electron chi connectivity index (χ3n) is 4.37. The Balaban J connectivity index is 2.11. The number of rotatable bonds is 4. The first-order valence-electron chi connectivity index (χ1n) is 7.33. The van der Waals surface area contributed by atoms with E-state index in [4.69, 9.17) is 22.7 Å². The van der Waals surface area contributed by atoms with E-state index in [1.807, 2.05) is 12.1 Å². The minimum absolute atomic E-state index is 0.375. The van der Waals surface area contributed by atoms with Crippen molar-refractivity contribution in [2.45, 2.75) is 32.5 Å². The van der Waals surface area contributed by atoms with Crippen molar-refractivity contribution in [3.8, 4) is 5.75 Å². The summed E-state index contributed by atoms with van der Waals surface area (Å²) in [7, 11) is 3.85. The average molecular weight is 307 g/mol. The fraction of sp³-hybridized carbons (Fsp3) is 0.562. The van der Waals surface area contributed by atoms with Gasteiger partial charge in [-0.1, -0.05) is 18.3 Å². The van der Waals surface area contributed by atoms with Crippen LogP contribution in [-0.4, -0.2) is 54.1 Å². The van der Waals surface area contributed by atoms with Crippen molar-refractivity contribution >= 4 is 17.2 Å². The molecule has 2 atom stereocenters. The zero-order valence-electron chi connectivity index (χ0n) is 13.3. The lowest BCUT2D eigenvalue weighted by molar-refractivity contribution is 0.0556. The fourth-order valence-electron chi connectivity index (χ4n) is 2.94.